The summed E-state index contributed by atoms with van der Waals surface area (Å²) < 4.78 is 11.3. The van der Waals surface area contributed by atoms with Crippen molar-refractivity contribution in [2.75, 3.05) is 40.4 Å². The van der Waals surface area contributed by atoms with E-state index in [0.717, 1.165) is 36.3 Å². The molecule has 2 aliphatic rings. The maximum Gasteiger partial charge on any atom is 0.319 e. The summed E-state index contributed by atoms with van der Waals surface area (Å²) in [4.78, 5) is 27.9. The van der Waals surface area contributed by atoms with Crippen LogP contribution in [-0.2, 0) is 11.3 Å². The van der Waals surface area contributed by atoms with Crippen LogP contribution in [0.5, 0.6) is 11.5 Å². The molecule has 2 aliphatic heterocycles. The van der Waals surface area contributed by atoms with Crippen LogP contribution in [0.4, 0.5) is 4.79 Å². The molecule has 26 heavy (non-hydrogen) atoms. The molecule has 7 heteroatoms. The van der Waals surface area contributed by atoms with Crippen LogP contribution in [0.3, 0.4) is 0 Å². The van der Waals surface area contributed by atoms with Gasteiger partial charge in [0.2, 0.25) is 5.91 Å². The summed E-state index contributed by atoms with van der Waals surface area (Å²) in [7, 11) is 3.46. The Labute approximate surface area is 154 Å². The first-order valence-electron chi connectivity index (χ1n) is 9.17. The zero-order valence-electron chi connectivity index (χ0n) is 15.5. The molecule has 0 radical (unpaired) electrons. The highest BCUT2D eigenvalue weighted by molar-refractivity contribution is 5.80. The van der Waals surface area contributed by atoms with Gasteiger partial charge in [-0.1, -0.05) is 6.07 Å². The standard InChI is InChI=1S/C19H27N3O4/c1-21(2)19(24)22-8-3-5-15(13-22)18(23)20-12-14-6-7-16-17(11-14)26-10-4-9-25-16/h6-7,11,15H,3-5,8-10,12-13H2,1-2H3,(H,20,23)/t15-/m1/s1. The fourth-order valence-electron chi connectivity index (χ4n) is 3.30. The second-order valence-corrected chi connectivity index (χ2v) is 7.01. The highest BCUT2D eigenvalue weighted by atomic mass is 16.5. The van der Waals surface area contributed by atoms with Crippen molar-refractivity contribution in [2.24, 2.45) is 5.92 Å². The molecule has 1 N–H and O–H groups in total. The first-order valence-corrected chi connectivity index (χ1v) is 9.17. The fourth-order valence-corrected chi connectivity index (χ4v) is 3.30. The quantitative estimate of drug-likeness (QED) is 0.892. The zero-order valence-corrected chi connectivity index (χ0v) is 15.5. The lowest BCUT2D eigenvalue weighted by Crippen LogP contribution is -2.48. The zero-order chi connectivity index (χ0) is 18.5. The molecule has 1 atom stereocenters. The van der Waals surface area contributed by atoms with Crippen LogP contribution in [-0.4, -0.2) is 62.1 Å². The Morgan fingerprint density at radius 3 is 2.73 bits per heavy atom. The van der Waals surface area contributed by atoms with Crippen molar-refractivity contribution in [3.8, 4) is 11.5 Å². The summed E-state index contributed by atoms with van der Waals surface area (Å²) >= 11 is 0. The van der Waals surface area contributed by atoms with Crippen LogP contribution in [0.15, 0.2) is 18.2 Å². The third kappa shape index (κ3) is 4.39. The van der Waals surface area contributed by atoms with Gasteiger partial charge in [-0.3, -0.25) is 4.79 Å². The maximum atomic E-state index is 12.5. The predicted molar refractivity (Wildman–Crippen MR) is 97.3 cm³/mol. The van der Waals surface area contributed by atoms with Crippen LogP contribution in [0.1, 0.15) is 24.8 Å². The van der Waals surface area contributed by atoms with Crippen LogP contribution in [0, 0.1) is 5.92 Å². The number of hydrogen-bond donors (Lipinski definition) is 1. The van der Waals surface area contributed by atoms with Gasteiger partial charge in [-0.05, 0) is 30.5 Å². The summed E-state index contributed by atoms with van der Waals surface area (Å²) in [5.74, 6) is 1.32. The smallest absolute Gasteiger partial charge is 0.319 e. The third-order valence-corrected chi connectivity index (χ3v) is 4.72. The van der Waals surface area contributed by atoms with Crippen molar-refractivity contribution in [3.63, 3.8) is 0 Å². The number of urea groups is 1. The second-order valence-electron chi connectivity index (χ2n) is 7.01. The molecule has 142 valence electrons. The molecule has 0 bridgehead atoms. The lowest BCUT2D eigenvalue weighted by atomic mass is 9.97. The number of carbonyl (C=O) groups is 2. The molecule has 1 saturated heterocycles. The number of nitrogens with one attached hydrogen (secondary N) is 1. The van der Waals surface area contributed by atoms with Gasteiger partial charge >= 0.3 is 6.03 Å². The van der Waals surface area contributed by atoms with Crippen molar-refractivity contribution < 1.29 is 19.1 Å². The first-order chi connectivity index (χ1) is 12.5. The number of carbonyl (C=O) groups excluding carboxylic acids is 2. The Balaban J connectivity index is 1.55. The minimum absolute atomic E-state index is 0.00614. The molecule has 3 rings (SSSR count). The van der Waals surface area contributed by atoms with E-state index < -0.39 is 0 Å². The van der Waals surface area contributed by atoms with Gasteiger partial charge in [-0.25, -0.2) is 4.79 Å². The Bertz CT molecular complexity index is 662. The Kier molecular flexibility index (Phi) is 5.85. The number of nitrogens with zero attached hydrogens (tertiary/aromatic N) is 2. The summed E-state index contributed by atoms with van der Waals surface area (Å²) in [5, 5.41) is 2.99. The molecule has 0 saturated carbocycles. The van der Waals surface area contributed by atoms with Crippen LogP contribution in [0.2, 0.25) is 0 Å². The van der Waals surface area contributed by atoms with E-state index >= 15 is 0 Å². The van der Waals surface area contributed by atoms with E-state index in [4.69, 9.17) is 9.47 Å². The van der Waals surface area contributed by atoms with Crippen molar-refractivity contribution in [3.05, 3.63) is 23.8 Å². The predicted octanol–water partition coefficient (Wildman–Crippen LogP) is 1.86. The molecular formula is C19H27N3O4. The largest absolute Gasteiger partial charge is 0.490 e. The number of hydrogen-bond acceptors (Lipinski definition) is 4. The highest BCUT2D eigenvalue weighted by Gasteiger charge is 2.29. The number of piperidine rings is 1. The Morgan fingerprint density at radius 1 is 1.19 bits per heavy atom. The lowest BCUT2D eigenvalue weighted by Gasteiger charge is -2.33. The highest BCUT2D eigenvalue weighted by Crippen LogP contribution is 2.30. The summed E-state index contributed by atoms with van der Waals surface area (Å²) in [6, 6.07) is 5.71. The number of likely N-dealkylation sites (tertiary alicyclic amines) is 1. The molecular weight excluding hydrogens is 334 g/mol. The molecule has 1 aromatic carbocycles. The van der Waals surface area contributed by atoms with Crippen LogP contribution < -0.4 is 14.8 Å². The minimum Gasteiger partial charge on any atom is -0.490 e. The molecule has 1 aromatic rings. The molecule has 0 aromatic heterocycles. The van der Waals surface area contributed by atoms with Crippen molar-refractivity contribution in [2.45, 2.75) is 25.8 Å². The van der Waals surface area contributed by atoms with Gasteiger partial charge in [0.25, 0.3) is 0 Å². The van der Waals surface area contributed by atoms with E-state index in [0.29, 0.717) is 32.8 Å². The molecule has 0 unspecified atom stereocenters. The average Bonchev–Trinajstić information content (AvgIpc) is 2.90. The van der Waals surface area contributed by atoms with E-state index in [2.05, 4.69) is 5.32 Å². The van der Waals surface area contributed by atoms with E-state index in [1.807, 2.05) is 18.2 Å². The Hall–Kier alpha value is -2.44. The van der Waals surface area contributed by atoms with Crippen LogP contribution >= 0.6 is 0 Å². The summed E-state index contributed by atoms with van der Waals surface area (Å²) in [6.45, 7) is 2.92. The van der Waals surface area contributed by atoms with Gasteiger partial charge in [-0.2, -0.15) is 0 Å². The topological polar surface area (TPSA) is 71.1 Å². The van der Waals surface area contributed by atoms with Gasteiger partial charge in [0.1, 0.15) is 0 Å². The molecule has 1 fully saturated rings. The van der Waals surface area contributed by atoms with E-state index in [9.17, 15) is 9.59 Å². The molecule has 0 aliphatic carbocycles. The van der Waals surface area contributed by atoms with E-state index in [-0.39, 0.29) is 17.9 Å². The molecule has 3 amide bonds. The minimum atomic E-state index is -0.159. The van der Waals surface area contributed by atoms with Gasteiger partial charge in [-0.15, -0.1) is 0 Å². The monoisotopic (exact) mass is 361 g/mol. The van der Waals surface area contributed by atoms with Gasteiger partial charge in [0, 0.05) is 40.2 Å². The molecule has 0 spiro atoms. The van der Waals surface area contributed by atoms with Crippen molar-refractivity contribution in [1.82, 2.24) is 15.1 Å². The number of amides is 3. The van der Waals surface area contributed by atoms with Gasteiger partial charge in [0.05, 0.1) is 19.1 Å². The third-order valence-electron chi connectivity index (χ3n) is 4.72. The first kappa shape index (κ1) is 18.4. The maximum absolute atomic E-state index is 12.5. The fraction of sp³-hybridized carbons (Fsp3) is 0.579. The van der Waals surface area contributed by atoms with Crippen molar-refractivity contribution in [1.29, 1.82) is 0 Å². The lowest BCUT2D eigenvalue weighted by molar-refractivity contribution is -0.126. The second kappa shape index (κ2) is 8.29. The Morgan fingerprint density at radius 2 is 1.96 bits per heavy atom. The number of rotatable bonds is 3. The van der Waals surface area contributed by atoms with Crippen LogP contribution in [0.25, 0.3) is 0 Å². The molecule has 7 nitrogen and oxygen atoms in total. The SMILES string of the molecule is CN(C)C(=O)N1CCC[C@@H](C(=O)NCc2ccc3c(c2)OCCCO3)C1. The number of benzene rings is 1. The van der Waals surface area contributed by atoms with Crippen molar-refractivity contribution >= 4 is 11.9 Å². The number of ether oxygens (including phenoxy) is 2. The normalized spacial score (nSPS) is 19.5. The van der Waals surface area contributed by atoms with E-state index in [1.54, 1.807) is 23.9 Å². The van der Waals surface area contributed by atoms with Gasteiger partial charge in [0.15, 0.2) is 11.5 Å². The molecule has 2 heterocycles. The number of fused-ring (bicyclic) bond motifs is 1. The summed E-state index contributed by atoms with van der Waals surface area (Å²) in [6.07, 6.45) is 2.52. The van der Waals surface area contributed by atoms with Gasteiger partial charge < -0.3 is 24.6 Å². The average molecular weight is 361 g/mol. The van der Waals surface area contributed by atoms with E-state index in [1.165, 1.54) is 0 Å². The summed E-state index contributed by atoms with van der Waals surface area (Å²) in [5.41, 5.74) is 0.972.